The molecule has 0 aromatic heterocycles. The average Bonchev–Trinajstić information content (AvgIpc) is 2.90. The van der Waals surface area contributed by atoms with Gasteiger partial charge in [-0.3, -0.25) is 0 Å². The van der Waals surface area contributed by atoms with E-state index in [2.05, 4.69) is 49.9 Å². The molecule has 0 aliphatic heterocycles. The fraction of sp³-hybridized carbons (Fsp3) is 0.647. The molecule has 0 saturated heterocycles. The molecule has 1 unspecified atom stereocenters. The van der Waals surface area contributed by atoms with Gasteiger partial charge in [0, 0.05) is 17.0 Å². The minimum absolute atomic E-state index is 0.301. The van der Waals surface area contributed by atoms with Crippen LogP contribution in [-0.4, -0.2) is 17.0 Å². The van der Waals surface area contributed by atoms with Crippen LogP contribution in [0.15, 0.2) is 24.3 Å². The monoisotopic (exact) mass is 277 g/mol. The molecule has 1 saturated carbocycles. The van der Waals surface area contributed by atoms with Crippen LogP contribution >= 0.6 is 11.8 Å². The highest BCUT2D eigenvalue weighted by Gasteiger charge is 2.16. The first kappa shape index (κ1) is 14.9. The van der Waals surface area contributed by atoms with E-state index in [1.54, 1.807) is 0 Å². The van der Waals surface area contributed by atoms with E-state index in [0.29, 0.717) is 12.0 Å². The molecule has 2 heteroatoms. The summed E-state index contributed by atoms with van der Waals surface area (Å²) < 4.78 is 0. The topological polar surface area (TPSA) is 26.0 Å². The molecule has 0 radical (unpaired) electrons. The van der Waals surface area contributed by atoms with Gasteiger partial charge in [0.25, 0.3) is 0 Å². The maximum absolute atomic E-state index is 6.26. The number of benzene rings is 1. The molecule has 1 nitrogen and oxygen atoms in total. The predicted molar refractivity (Wildman–Crippen MR) is 86.9 cm³/mol. The van der Waals surface area contributed by atoms with Crippen molar-refractivity contribution < 1.29 is 0 Å². The van der Waals surface area contributed by atoms with E-state index in [4.69, 9.17) is 5.73 Å². The van der Waals surface area contributed by atoms with Gasteiger partial charge in [0.15, 0.2) is 0 Å². The summed E-state index contributed by atoms with van der Waals surface area (Å²) in [6, 6.07) is 9.29. The molecule has 1 aromatic carbocycles. The van der Waals surface area contributed by atoms with Crippen molar-refractivity contribution in [3.63, 3.8) is 0 Å². The SMILES string of the molecule is CC(C)c1ccc(CC(N)CSC2CCCC2)cc1. The summed E-state index contributed by atoms with van der Waals surface area (Å²) in [4.78, 5) is 0. The predicted octanol–water partition coefficient (Wildman–Crippen LogP) is 4.36. The smallest absolute Gasteiger partial charge is 0.0171 e. The number of nitrogens with two attached hydrogens (primary N) is 1. The second-order valence-electron chi connectivity index (χ2n) is 6.10. The lowest BCUT2D eigenvalue weighted by Gasteiger charge is -2.15. The van der Waals surface area contributed by atoms with Crippen molar-refractivity contribution in [1.82, 2.24) is 0 Å². The Kier molecular flexibility index (Phi) is 5.77. The maximum atomic E-state index is 6.26. The van der Waals surface area contributed by atoms with Gasteiger partial charge in [0.1, 0.15) is 0 Å². The highest BCUT2D eigenvalue weighted by atomic mass is 32.2. The third-order valence-corrected chi connectivity index (χ3v) is 5.56. The van der Waals surface area contributed by atoms with Crippen LogP contribution in [0.25, 0.3) is 0 Å². The van der Waals surface area contributed by atoms with Gasteiger partial charge < -0.3 is 5.73 Å². The van der Waals surface area contributed by atoms with E-state index < -0.39 is 0 Å². The second-order valence-corrected chi connectivity index (χ2v) is 7.43. The minimum atomic E-state index is 0.301. The van der Waals surface area contributed by atoms with E-state index in [9.17, 15) is 0 Å². The molecule has 0 spiro atoms. The third-order valence-electron chi connectivity index (χ3n) is 3.99. The lowest BCUT2D eigenvalue weighted by Crippen LogP contribution is -2.26. The van der Waals surface area contributed by atoms with Crippen molar-refractivity contribution >= 4 is 11.8 Å². The van der Waals surface area contributed by atoms with Crippen LogP contribution in [0.4, 0.5) is 0 Å². The summed E-state index contributed by atoms with van der Waals surface area (Å²) in [7, 11) is 0. The quantitative estimate of drug-likeness (QED) is 0.836. The summed E-state index contributed by atoms with van der Waals surface area (Å²) in [6.07, 6.45) is 6.66. The first-order valence-corrected chi connectivity index (χ1v) is 8.66. The van der Waals surface area contributed by atoms with Gasteiger partial charge in [0.05, 0.1) is 0 Å². The first-order chi connectivity index (χ1) is 9.15. The van der Waals surface area contributed by atoms with E-state index in [1.165, 1.54) is 36.8 Å². The average molecular weight is 277 g/mol. The van der Waals surface area contributed by atoms with Crippen molar-refractivity contribution in [3.8, 4) is 0 Å². The van der Waals surface area contributed by atoms with Gasteiger partial charge >= 0.3 is 0 Å². The van der Waals surface area contributed by atoms with Gasteiger partial charge in [-0.25, -0.2) is 0 Å². The van der Waals surface area contributed by atoms with Gasteiger partial charge in [-0.2, -0.15) is 11.8 Å². The van der Waals surface area contributed by atoms with Gasteiger partial charge in [-0.1, -0.05) is 51.0 Å². The number of rotatable bonds is 6. The van der Waals surface area contributed by atoms with Crippen molar-refractivity contribution in [2.45, 2.75) is 63.2 Å². The zero-order chi connectivity index (χ0) is 13.7. The number of thioether (sulfide) groups is 1. The van der Waals surface area contributed by atoms with Crippen molar-refractivity contribution in [3.05, 3.63) is 35.4 Å². The highest BCUT2D eigenvalue weighted by molar-refractivity contribution is 7.99. The van der Waals surface area contributed by atoms with Crippen molar-refractivity contribution in [2.24, 2.45) is 5.73 Å². The Hall–Kier alpha value is -0.470. The van der Waals surface area contributed by atoms with Crippen molar-refractivity contribution in [1.29, 1.82) is 0 Å². The normalized spacial score (nSPS) is 18.1. The molecule has 2 rings (SSSR count). The van der Waals surface area contributed by atoms with Crippen LogP contribution < -0.4 is 5.73 Å². The highest BCUT2D eigenvalue weighted by Crippen LogP contribution is 2.29. The summed E-state index contributed by atoms with van der Waals surface area (Å²) in [5, 5.41) is 0.884. The van der Waals surface area contributed by atoms with E-state index in [1.807, 2.05) is 0 Å². The summed E-state index contributed by atoms with van der Waals surface area (Å²) in [5.41, 5.74) is 9.05. The van der Waals surface area contributed by atoms with E-state index >= 15 is 0 Å². The van der Waals surface area contributed by atoms with Crippen LogP contribution in [0.3, 0.4) is 0 Å². The fourth-order valence-electron chi connectivity index (χ4n) is 2.71. The zero-order valence-electron chi connectivity index (χ0n) is 12.3. The first-order valence-electron chi connectivity index (χ1n) is 7.61. The molecular formula is C17H27NS. The standard InChI is InChI=1S/C17H27NS/c1-13(2)15-9-7-14(8-10-15)11-16(18)12-19-17-5-3-4-6-17/h7-10,13,16-17H,3-6,11-12,18H2,1-2H3. The Morgan fingerprint density at radius 1 is 1.16 bits per heavy atom. The summed E-state index contributed by atoms with van der Waals surface area (Å²) >= 11 is 2.09. The summed E-state index contributed by atoms with van der Waals surface area (Å²) in [5.74, 6) is 1.72. The molecule has 0 amide bonds. The molecule has 1 aliphatic rings. The fourth-order valence-corrected chi connectivity index (χ4v) is 4.02. The van der Waals surface area contributed by atoms with Crippen LogP contribution in [0, 0.1) is 0 Å². The number of hydrogen-bond donors (Lipinski definition) is 1. The Labute approximate surface area is 122 Å². The van der Waals surface area contributed by atoms with Crippen LogP contribution in [0.2, 0.25) is 0 Å². The minimum Gasteiger partial charge on any atom is -0.327 e. The molecule has 19 heavy (non-hydrogen) atoms. The van der Waals surface area contributed by atoms with Gasteiger partial charge in [0.2, 0.25) is 0 Å². The maximum Gasteiger partial charge on any atom is 0.0171 e. The molecule has 1 aliphatic carbocycles. The Bertz CT molecular complexity index is 365. The Balaban J connectivity index is 1.76. The van der Waals surface area contributed by atoms with Crippen LogP contribution in [0.5, 0.6) is 0 Å². The largest absolute Gasteiger partial charge is 0.327 e. The lowest BCUT2D eigenvalue weighted by atomic mass is 10.00. The van der Waals surface area contributed by atoms with Crippen molar-refractivity contribution in [2.75, 3.05) is 5.75 Å². The molecule has 1 aromatic rings. The second kappa shape index (κ2) is 7.35. The number of hydrogen-bond acceptors (Lipinski definition) is 2. The van der Waals surface area contributed by atoms with Crippen LogP contribution in [-0.2, 0) is 6.42 Å². The lowest BCUT2D eigenvalue weighted by molar-refractivity contribution is 0.743. The third kappa shape index (κ3) is 4.85. The Morgan fingerprint density at radius 3 is 2.37 bits per heavy atom. The van der Waals surface area contributed by atoms with E-state index in [-0.39, 0.29) is 0 Å². The van der Waals surface area contributed by atoms with Gasteiger partial charge in [-0.05, 0) is 36.3 Å². The van der Waals surface area contributed by atoms with Crippen LogP contribution in [0.1, 0.15) is 56.6 Å². The molecule has 1 atom stereocenters. The Morgan fingerprint density at radius 2 is 1.79 bits per heavy atom. The zero-order valence-corrected chi connectivity index (χ0v) is 13.1. The molecule has 2 N–H and O–H groups in total. The molecule has 0 bridgehead atoms. The molecule has 0 heterocycles. The molecule has 106 valence electrons. The van der Waals surface area contributed by atoms with E-state index in [0.717, 1.165) is 17.4 Å². The molecular weight excluding hydrogens is 250 g/mol. The van der Waals surface area contributed by atoms with Gasteiger partial charge in [-0.15, -0.1) is 0 Å². The summed E-state index contributed by atoms with van der Waals surface area (Å²) in [6.45, 7) is 4.47. The molecule has 1 fully saturated rings.